The molecule has 0 spiro atoms. The molecule has 0 bridgehead atoms. The molecular formula is C16H14F2N2O. The summed E-state index contributed by atoms with van der Waals surface area (Å²) in [5.41, 5.74) is 8.28. The number of rotatable bonds is 1. The predicted molar refractivity (Wildman–Crippen MR) is 75.7 cm³/mol. The Hall–Kier alpha value is -2.43. The van der Waals surface area contributed by atoms with Crippen molar-refractivity contribution in [2.75, 3.05) is 12.3 Å². The molecule has 2 aromatic carbocycles. The summed E-state index contributed by atoms with van der Waals surface area (Å²) in [6, 6.07) is 8.51. The summed E-state index contributed by atoms with van der Waals surface area (Å²) in [7, 11) is 0. The molecule has 0 aromatic heterocycles. The van der Waals surface area contributed by atoms with E-state index in [2.05, 4.69) is 0 Å². The molecule has 2 N–H and O–H groups in total. The lowest BCUT2D eigenvalue weighted by molar-refractivity contribution is 0.0730. The van der Waals surface area contributed by atoms with Gasteiger partial charge in [-0.15, -0.1) is 0 Å². The summed E-state index contributed by atoms with van der Waals surface area (Å²) in [6.45, 7) is 0.780. The summed E-state index contributed by atoms with van der Waals surface area (Å²) >= 11 is 0. The number of carbonyl (C=O) groups excluding carboxylic acids is 1. The minimum atomic E-state index is -0.715. The molecule has 0 unspecified atom stereocenters. The van der Waals surface area contributed by atoms with Crippen LogP contribution in [-0.4, -0.2) is 17.4 Å². The van der Waals surface area contributed by atoms with Crippen molar-refractivity contribution in [3.8, 4) is 0 Å². The zero-order valence-electron chi connectivity index (χ0n) is 11.3. The molecule has 5 heteroatoms. The van der Waals surface area contributed by atoms with Crippen LogP contribution >= 0.6 is 0 Å². The van der Waals surface area contributed by atoms with Gasteiger partial charge in [0.05, 0.1) is 5.56 Å². The van der Waals surface area contributed by atoms with E-state index in [1.165, 1.54) is 4.90 Å². The monoisotopic (exact) mass is 288 g/mol. The number of amides is 1. The fraction of sp³-hybridized carbons (Fsp3) is 0.188. The SMILES string of the molecule is Nc1cccc2c1CN(C(=O)c1cc(F)ccc1F)CC2. The maximum atomic E-state index is 13.7. The fourth-order valence-corrected chi connectivity index (χ4v) is 2.61. The number of hydrogen-bond acceptors (Lipinski definition) is 2. The Labute approximate surface area is 121 Å². The number of carbonyl (C=O) groups is 1. The van der Waals surface area contributed by atoms with E-state index in [-0.39, 0.29) is 5.56 Å². The molecule has 0 radical (unpaired) electrons. The highest BCUT2D eigenvalue weighted by Gasteiger charge is 2.25. The van der Waals surface area contributed by atoms with Crippen LogP contribution in [0.25, 0.3) is 0 Å². The van der Waals surface area contributed by atoms with Gasteiger partial charge in [-0.25, -0.2) is 8.78 Å². The van der Waals surface area contributed by atoms with Crippen LogP contribution in [0.1, 0.15) is 21.5 Å². The summed E-state index contributed by atoms with van der Waals surface area (Å²) in [6.07, 6.45) is 0.656. The van der Waals surface area contributed by atoms with Gasteiger partial charge < -0.3 is 10.6 Å². The van der Waals surface area contributed by atoms with Crippen molar-refractivity contribution in [1.29, 1.82) is 0 Å². The minimum absolute atomic E-state index is 0.243. The van der Waals surface area contributed by atoms with Gasteiger partial charge in [0.15, 0.2) is 0 Å². The van der Waals surface area contributed by atoms with E-state index >= 15 is 0 Å². The van der Waals surface area contributed by atoms with Crippen molar-refractivity contribution < 1.29 is 13.6 Å². The first kappa shape index (κ1) is 13.5. The Bertz CT molecular complexity index is 715. The number of anilines is 1. The first-order valence-electron chi connectivity index (χ1n) is 6.67. The number of benzene rings is 2. The van der Waals surface area contributed by atoms with Gasteiger partial charge in [0.1, 0.15) is 11.6 Å². The van der Waals surface area contributed by atoms with Gasteiger partial charge in [-0.05, 0) is 41.8 Å². The lowest BCUT2D eigenvalue weighted by atomic mass is 9.97. The molecule has 108 valence electrons. The molecule has 0 saturated heterocycles. The Morgan fingerprint density at radius 2 is 2.00 bits per heavy atom. The van der Waals surface area contributed by atoms with Crippen LogP contribution in [0.2, 0.25) is 0 Å². The van der Waals surface area contributed by atoms with Crippen LogP contribution in [0.15, 0.2) is 36.4 Å². The lowest BCUT2D eigenvalue weighted by Crippen LogP contribution is -2.36. The van der Waals surface area contributed by atoms with Crippen LogP contribution in [0.4, 0.5) is 14.5 Å². The van der Waals surface area contributed by atoms with E-state index in [4.69, 9.17) is 5.73 Å². The highest BCUT2D eigenvalue weighted by Crippen LogP contribution is 2.25. The summed E-state index contributed by atoms with van der Waals surface area (Å²) in [4.78, 5) is 13.9. The quantitative estimate of drug-likeness (QED) is 0.820. The lowest BCUT2D eigenvalue weighted by Gasteiger charge is -2.30. The second-order valence-electron chi connectivity index (χ2n) is 5.09. The number of nitrogens with two attached hydrogens (primary N) is 1. The molecule has 1 aliphatic heterocycles. The molecule has 1 amide bonds. The highest BCUT2D eigenvalue weighted by atomic mass is 19.1. The maximum Gasteiger partial charge on any atom is 0.257 e. The van der Waals surface area contributed by atoms with E-state index in [1.807, 2.05) is 12.1 Å². The van der Waals surface area contributed by atoms with Gasteiger partial charge in [-0.2, -0.15) is 0 Å². The largest absolute Gasteiger partial charge is 0.398 e. The first-order valence-corrected chi connectivity index (χ1v) is 6.67. The maximum absolute atomic E-state index is 13.7. The number of nitrogen functional groups attached to an aromatic ring is 1. The standard InChI is InChI=1S/C16H14F2N2O/c17-11-4-5-14(18)12(8-11)16(21)20-7-6-10-2-1-3-15(19)13(10)9-20/h1-5,8H,6-7,9,19H2. The first-order chi connectivity index (χ1) is 10.1. The van der Waals surface area contributed by atoms with Gasteiger partial charge in [0.25, 0.3) is 5.91 Å². The molecule has 1 heterocycles. The normalized spacial score (nSPS) is 13.9. The molecule has 0 saturated carbocycles. The Kier molecular flexibility index (Phi) is 3.33. The number of halogens is 2. The van der Waals surface area contributed by atoms with Crippen LogP contribution in [0, 0.1) is 11.6 Å². The molecule has 0 fully saturated rings. The molecular weight excluding hydrogens is 274 g/mol. The third-order valence-electron chi connectivity index (χ3n) is 3.76. The highest BCUT2D eigenvalue weighted by molar-refractivity contribution is 5.94. The van der Waals surface area contributed by atoms with Crippen molar-refractivity contribution in [2.45, 2.75) is 13.0 Å². The van der Waals surface area contributed by atoms with Crippen molar-refractivity contribution in [2.24, 2.45) is 0 Å². The summed E-state index contributed by atoms with van der Waals surface area (Å²) in [5, 5.41) is 0. The molecule has 1 aliphatic rings. The average molecular weight is 288 g/mol. The van der Waals surface area contributed by atoms with Crippen LogP contribution in [0.3, 0.4) is 0 Å². The van der Waals surface area contributed by atoms with Crippen molar-refractivity contribution in [3.05, 3.63) is 64.7 Å². The Morgan fingerprint density at radius 1 is 1.19 bits per heavy atom. The number of hydrogen-bond donors (Lipinski definition) is 1. The predicted octanol–water partition coefficient (Wildman–Crippen LogP) is 2.75. The number of fused-ring (bicyclic) bond motifs is 1. The van der Waals surface area contributed by atoms with Gasteiger partial charge in [-0.1, -0.05) is 12.1 Å². The topological polar surface area (TPSA) is 46.3 Å². The van der Waals surface area contributed by atoms with Crippen LogP contribution < -0.4 is 5.73 Å². The van der Waals surface area contributed by atoms with Gasteiger partial charge in [0.2, 0.25) is 0 Å². The zero-order valence-corrected chi connectivity index (χ0v) is 11.3. The van der Waals surface area contributed by atoms with E-state index in [9.17, 15) is 13.6 Å². The second kappa shape index (κ2) is 5.16. The third-order valence-corrected chi connectivity index (χ3v) is 3.76. The zero-order chi connectivity index (χ0) is 15.0. The third kappa shape index (κ3) is 2.46. The smallest absolute Gasteiger partial charge is 0.257 e. The van der Waals surface area contributed by atoms with Gasteiger partial charge in [0, 0.05) is 18.8 Å². The molecule has 21 heavy (non-hydrogen) atoms. The number of nitrogens with zero attached hydrogens (tertiary/aromatic N) is 1. The Morgan fingerprint density at radius 3 is 2.81 bits per heavy atom. The minimum Gasteiger partial charge on any atom is -0.398 e. The van der Waals surface area contributed by atoms with Gasteiger partial charge in [-0.3, -0.25) is 4.79 Å². The van der Waals surface area contributed by atoms with E-state index in [0.29, 0.717) is 25.2 Å². The van der Waals surface area contributed by atoms with Crippen LogP contribution in [0.5, 0.6) is 0 Å². The molecule has 0 aliphatic carbocycles. The van der Waals surface area contributed by atoms with Crippen molar-refractivity contribution in [1.82, 2.24) is 4.90 Å². The van der Waals surface area contributed by atoms with Crippen molar-refractivity contribution in [3.63, 3.8) is 0 Å². The van der Waals surface area contributed by atoms with E-state index < -0.39 is 17.5 Å². The second-order valence-corrected chi connectivity index (χ2v) is 5.09. The summed E-state index contributed by atoms with van der Waals surface area (Å²) < 4.78 is 26.9. The molecule has 2 aromatic rings. The van der Waals surface area contributed by atoms with E-state index in [1.54, 1.807) is 6.07 Å². The molecule has 0 atom stereocenters. The van der Waals surface area contributed by atoms with Crippen LogP contribution in [-0.2, 0) is 13.0 Å². The summed E-state index contributed by atoms with van der Waals surface area (Å²) in [5.74, 6) is -1.86. The van der Waals surface area contributed by atoms with E-state index in [0.717, 1.165) is 29.3 Å². The molecule has 3 rings (SSSR count). The fourth-order valence-electron chi connectivity index (χ4n) is 2.61. The van der Waals surface area contributed by atoms with Gasteiger partial charge >= 0.3 is 0 Å². The average Bonchev–Trinajstić information content (AvgIpc) is 2.49. The van der Waals surface area contributed by atoms with Crippen molar-refractivity contribution >= 4 is 11.6 Å². The Balaban J connectivity index is 1.91. The molecule has 3 nitrogen and oxygen atoms in total.